The van der Waals surface area contributed by atoms with Crippen LogP contribution in [0.2, 0.25) is 0 Å². The fourth-order valence-corrected chi connectivity index (χ4v) is 2.60. The third kappa shape index (κ3) is 7.58. The lowest BCUT2D eigenvalue weighted by molar-refractivity contribution is -0.133. The first-order valence-corrected chi connectivity index (χ1v) is 8.90. The summed E-state index contributed by atoms with van der Waals surface area (Å²) in [5.41, 5.74) is -0.445. The predicted molar refractivity (Wildman–Crippen MR) is 98.7 cm³/mol. The molecule has 0 aliphatic heterocycles. The second-order valence-corrected chi connectivity index (χ2v) is 7.53. The van der Waals surface area contributed by atoms with Crippen molar-refractivity contribution in [2.45, 2.75) is 27.7 Å². The second-order valence-electron chi connectivity index (χ2n) is 7.53. The lowest BCUT2D eigenvalue weighted by Crippen LogP contribution is -2.44. The Balaban J connectivity index is 2.64. The first-order chi connectivity index (χ1) is 12.5. The zero-order valence-corrected chi connectivity index (χ0v) is 16.5. The van der Waals surface area contributed by atoms with E-state index in [1.165, 1.54) is 4.90 Å². The summed E-state index contributed by atoms with van der Waals surface area (Å²) in [6.45, 7) is 9.16. The maximum absolute atomic E-state index is 13.6. The molecule has 2 amide bonds. The number of benzene rings is 1. The zero-order valence-electron chi connectivity index (χ0n) is 16.5. The van der Waals surface area contributed by atoms with Crippen LogP contribution in [0.15, 0.2) is 12.1 Å². The van der Waals surface area contributed by atoms with E-state index < -0.39 is 29.0 Å². The van der Waals surface area contributed by atoms with Gasteiger partial charge in [-0.2, -0.15) is 0 Å². The van der Waals surface area contributed by atoms with E-state index in [4.69, 9.17) is 0 Å². The standard InChI is InChI=1S/C19H28F3N3O2/c1-12(2)8-25(9-13(3)4)17(27)11-24(5)10-16(26)23-15-7-6-14(20)18(21)19(15)22/h6-7,12-13H,8-11H2,1-5H3,(H,23,26). The number of rotatable bonds is 9. The number of carbonyl (C=O) groups is 2. The molecule has 0 radical (unpaired) electrons. The van der Waals surface area contributed by atoms with Crippen molar-refractivity contribution in [2.75, 3.05) is 38.5 Å². The van der Waals surface area contributed by atoms with Crippen LogP contribution in [0.3, 0.4) is 0 Å². The minimum absolute atomic E-state index is 0.0210. The Labute approximate surface area is 158 Å². The average Bonchev–Trinajstić information content (AvgIpc) is 2.53. The van der Waals surface area contributed by atoms with Crippen LogP contribution in [0.25, 0.3) is 0 Å². The number of hydrogen-bond donors (Lipinski definition) is 1. The van der Waals surface area contributed by atoms with Gasteiger partial charge in [0.15, 0.2) is 17.5 Å². The largest absolute Gasteiger partial charge is 0.341 e. The fourth-order valence-electron chi connectivity index (χ4n) is 2.60. The Kier molecular flexibility index (Phi) is 8.75. The van der Waals surface area contributed by atoms with Crippen molar-refractivity contribution in [2.24, 2.45) is 11.8 Å². The first-order valence-electron chi connectivity index (χ1n) is 8.90. The maximum Gasteiger partial charge on any atom is 0.238 e. The molecule has 0 unspecified atom stereocenters. The summed E-state index contributed by atoms with van der Waals surface area (Å²) in [6, 6.07) is 1.68. The van der Waals surface area contributed by atoms with Crippen molar-refractivity contribution >= 4 is 17.5 Å². The SMILES string of the molecule is CC(C)CN(CC(C)C)C(=O)CN(C)CC(=O)Nc1ccc(F)c(F)c1F. The summed E-state index contributed by atoms with van der Waals surface area (Å²) in [7, 11) is 1.59. The molecular formula is C19H28F3N3O2. The minimum Gasteiger partial charge on any atom is -0.341 e. The van der Waals surface area contributed by atoms with Gasteiger partial charge in [-0.05, 0) is 31.0 Å². The predicted octanol–water partition coefficient (Wildman–Crippen LogP) is 3.11. The van der Waals surface area contributed by atoms with Crippen LogP contribution in [0.1, 0.15) is 27.7 Å². The van der Waals surface area contributed by atoms with Gasteiger partial charge in [0.2, 0.25) is 11.8 Å². The number of amides is 2. The molecule has 0 heterocycles. The fraction of sp³-hybridized carbons (Fsp3) is 0.579. The second kappa shape index (κ2) is 10.3. The van der Waals surface area contributed by atoms with Gasteiger partial charge < -0.3 is 10.2 Å². The van der Waals surface area contributed by atoms with E-state index in [1.807, 2.05) is 27.7 Å². The number of nitrogens with zero attached hydrogens (tertiary/aromatic N) is 2. The van der Waals surface area contributed by atoms with Gasteiger partial charge in [-0.1, -0.05) is 27.7 Å². The molecule has 0 saturated carbocycles. The molecule has 1 aromatic rings. The maximum atomic E-state index is 13.6. The van der Waals surface area contributed by atoms with Crippen molar-refractivity contribution in [3.63, 3.8) is 0 Å². The Morgan fingerprint density at radius 3 is 2.04 bits per heavy atom. The number of likely N-dealkylation sites (N-methyl/N-ethyl adjacent to an activating group) is 1. The Morgan fingerprint density at radius 1 is 0.963 bits per heavy atom. The molecule has 0 bridgehead atoms. The van der Waals surface area contributed by atoms with E-state index >= 15 is 0 Å². The third-order valence-corrected chi connectivity index (χ3v) is 3.65. The van der Waals surface area contributed by atoms with Crippen LogP contribution in [0.5, 0.6) is 0 Å². The molecule has 0 aromatic heterocycles. The van der Waals surface area contributed by atoms with Crippen LogP contribution in [0.4, 0.5) is 18.9 Å². The molecule has 1 rings (SSSR count). The van der Waals surface area contributed by atoms with Crippen LogP contribution in [-0.4, -0.2) is 54.8 Å². The lowest BCUT2D eigenvalue weighted by atomic mass is 10.1. The van der Waals surface area contributed by atoms with Crippen molar-refractivity contribution in [1.82, 2.24) is 9.80 Å². The molecule has 1 N–H and O–H groups in total. The van der Waals surface area contributed by atoms with E-state index in [-0.39, 0.29) is 19.0 Å². The topological polar surface area (TPSA) is 52.7 Å². The summed E-state index contributed by atoms with van der Waals surface area (Å²) in [5, 5.41) is 2.19. The summed E-state index contributed by atoms with van der Waals surface area (Å²) >= 11 is 0. The number of halogens is 3. The first kappa shape index (κ1) is 23.0. The summed E-state index contributed by atoms with van der Waals surface area (Å²) in [4.78, 5) is 27.8. The quantitative estimate of drug-likeness (QED) is 0.663. The highest BCUT2D eigenvalue weighted by Crippen LogP contribution is 2.19. The Hall–Kier alpha value is -2.09. The summed E-state index contributed by atoms with van der Waals surface area (Å²) in [5.74, 6) is -4.53. The van der Waals surface area contributed by atoms with Crippen molar-refractivity contribution in [3.8, 4) is 0 Å². The van der Waals surface area contributed by atoms with Crippen LogP contribution in [-0.2, 0) is 9.59 Å². The van der Waals surface area contributed by atoms with Gasteiger partial charge in [0.1, 0.15) is 0 Å². The molecule has 5 nitrogen and oxygen atoms in total. The average molecular weight is 387 g/mol. The normalized spacial score (nSPS) is 11.4. The van der Waals surface area contributed by atoms with E-state index in [0.29, 0.717) is 24.9 Å². The highest BCUT2D eigenvalue weighted by Gasteiger charge is 2.20. The molecular weight excluding hydrogens is 359 g/mol. The van der Waals surface area contributed by atoms with Crippen LogP contribution in [0, 0.1) is 29.3 Å². The van der Waals surface area contributed by atoms with Crippen molar-refractivity contribution in [3.05, 3.63) is 29.6 Å². The van der Waals surface area contributed by atoms with Crippen molar-refractivity contribution in [1.29, 1.82) is 0 Å². The molecule has 152 valence electrons. The molecule has 0 saturated heterocycles. The van der Waals surface area contributed by atoms with E-state index in [2.05, 4.69) is 5.32 Å². The minimum atomic E-state index is -1.64. The number of nitrogens with one attached hydrogen (secondary N) is 1. The number of anilines is 1. The van der Waals surface area contributed by atoms with Gasteiger partial charge in [-0.3, -0.25) is 14.5 Å². The lowest BCUT2D eigenvalue weighted by Gasteiger charge is -2.28. The Morgan fingerprint density at radius 2 is 1.52 bits per heavy atom. The summed E-state index contributed by atoms with van der Waals surface area (Å²) < 4.78 is 39.8. The van der Waals surface area contributed by atoms with Crippen LogP contribution < -0.4 is 5.32 Å². The molecule has 8 heteroatoms. The molecule has 0 atom stereocenters. The van der Waals surface area contributed by atoms with Gasteiger partial charge in [0.05, 0.1) is 18.8 Å². The van der Waals surface area contributed by atoms with Gasteiger partial charge >= 0.3 is 0 Å². The smallest absolute Gasteiger partial charge is 0.238 e. The van der Waals surface area contributed by atoms with Crippen LogP contribution >= 0.6 is 0 Å². The molecule has 0 aliphatic rings. The van der Waals surface area contributed by atoms with Gasteiger partial charge in [-0.25, -0.2) is 13.2 Å². The van der Waals surface area contributed by atoms with E-state index in [0.717, 1.165) is 12.1 Å². The monoisotopic (exact) mass is 387 g/mol. The Bertz CT molecular complexity index is 656. The number of carbonyl (C=O) groups excluding carboxylic acids is 2. The molecule has 0 fully saturated rings. The van der Waals surface area contributed by atoms with Gasteiger partial charge in [0.25, 0.3) is 0 Å². The molecule has 27 heavy (non-hydrogen) atoms. The molecule has 1 aromatic carbocycles. The van der Waals surface area contributed by atoms with E-state index in [1.54, 1.807) is 11.9 Å². The third-order valence-electron chi connectivity index (χ3n) is 3.65. The van der Waals surface area contributed by atoms with E-state index in [9.17, 15) is 22.8 Å². The van der Waals surface area contributed by atoms with Crippen molar-refractivity contribution < 1.29 is 22.8 Å². The van der Waals surface area contributed by atoms with Gasteiger partial charge in [-0.15, -0.1) is 0 Å². The van der Waals surface area contributed by atoms with Gasteiger partial charge in [0, 0.05) is 13.1 Å². The molecule has 0 aliphatic carbocycles. The summed E-state index contributed by atoms with van der Waals surface area (Å²) in [6.07, 6.45) is 0. The number of hydrogen-bond acceptors (Lipinski definition) is 3. The molecule has 0 spiro atoms. The zero-order chi connectivity index (χ0) is 20.7. The highest BCUT2D eigenvalue weighted by atomic mass is 19.2. The highest BCUT2D eigenvalue weighted by molar-refractivity contribution is 5.92.